The molecule has 0 fully saturated rings. The van der Waals surface area contributed by atoms with Gasteiger partial charge in [-0.2, -0.15) is 0 Å². The average Bonchev–Trinajstić information content (AvgIpc) is 2.58. The first-order valence-electron chi connectivity index (χ1n) is 6.88. The van der Waals surface area contributed by atoms with Gasteiger partial charge in [0.05, 0.1) is 12.2 Å². The highest BCUT2D eigenvalue weighted by atomic mass is 16.2. The van der Waals surface area contributed by atoms with Crippen LogP contribution in [0.2, 0.25) is 0 Å². The molecule has 0 saturated carbocycles. The maximum Gasteiger partial charge on any atom is 0.251 e. The van der Waals surface area contributed by atoms with Crippen LogP contribution in [0.1, 0.15) is 26.4 Å². The minimum atomic E-state index is -0.205. The molecule has 5 nitrogen and oxygen atoms in total. The van der Waals surface area contributed by atoms with E-state index in [2.05, 4.69) is 22.2 Å². The van der Waals surface area contributed by atoms with Crippen LogP contribution in [0.4, 0.5) is 0 Å². The van der Waals surface area contributed by atoms with Gasteiger partial charge in [0, 0.05) is 23.9 Å². The molecule has 5 heteroatoms. The van der Waals surface area contributed by atoms with Crippen LogP contribution in [-0.4, -0.2) is 23.3 Å². The van der Waals surface area contributed by atoms with Crippen LogP contribution in [0.25, 0.3) is 0 Å². The molecule has 2 aromatic rings. The normalized spacial score (nSPS) is 9.82. The second-order valence-electron chi connectivity index (χ2n) is 4.58. The molecular weight excluding hydrogens is 278 g/mol. The molecule has 0 unspecified atom stereocenters. The Hall–Kier alpha value is -2.95. The van der Waals surface area contributed by atoms with Gasteiger partial charge in [0.1, 0.15) is 0 Å². The molecule has 2 rings (SSSR count). The van der Waals surface area contributed by atoms with E-state index in [0.29, 0.717) is 24.2 Å². The lowest BCUT2D eigenvalue weighted by Gasteiger charge is -2.06. The maximum atomic E-state index is 12.0. The second-order valence-corrected chi connectivity index (χ2v) is 4.58. The van der Waals surface area contributed by atoms with Crippen LogP contribution < -0.4 is 10.6 Å². The van der Waals surface area contributed by atoms with E-state index in [-0.39, 0.29) is 11.8 Å². The third kappa shape index (κ3) is 4.28. The quantitative estimate of drug-likeness (QED) is 0.800. The molecule has 0 bridgehead atoms. The first kappa shape index (κ1) is 15.4. The Labute approximate surface area is 129 Å². The SMILES string of the molecule is C=CCNC(=O)c1ccc(C(=O)NCc2ccccn2)cc1. The van der Waals surface area contributed by atoms with Gasteiger partial charge in [0.25, 0.3) is 11.8 Å². The fourth-order valence-corrected chi connectivity index (χ4v) is 1.82. The number of benzene rings is 1. The first-order valence-corrected chi connectivity index (χ1v) is 6.88. The fourth-order valence-electron chi connectivity index (χ4n) is 1.82. The zero-order chi connectivity index (χ0) is 15.8. The van der Waals surface area contributed by atoms with Crippen molar-refractivity contribution in [3.63, 3.8) is 0 Å². The van der Waals surface area contributed by atoms with E-state index < -0.39 is 0 Å². The fraction of sp³-hybridized carbons (Fsp3) is 0.118. The van der Waals surface area contributed by atoms with Crippen molar-refractivity contribution >= 4 is 11.8 Å². The molecule has 0 aliphatic rings. The number of carbonyl (C=O) groups excluding carboxylic acids is 2. The summed E-state index contributed by atoms with van der Waals surface area (Å²) in [7, 11) is 0. The molecule has 0 saturated heterocycles. The predicted molar refractivity (Wildman–Crippen MR) is 84.4 cm³/mol. The summed E-state index contributed by atoms with van der Waals surface area (Å²) in [5.41, 5.74) is 1.79. The van der Waals surface area contributed by atoms with Gasteiger partial charge in [0.15, 0.2) is 0 Å². The van der Waals surface area contributed by atoms with Crippen LogP contribution in [-0.2, 0) is 6.54 Å². The van der Waals surface area contributed by atoms with Gasteiger partial charge >= 0.3 is 0 Å². The van der Waals surface area contributed by atoms with Crippen LogP contribution in [0.5, 0.6) is 0 Å². The molecule has 1 heterocycles. The number of aromatic nitrogens is 1. The average molecular weight is 295 g/mol. The van der Waals surface area contributed by atoms with Gasteiger partial charge in [-0.25, -0.2) is 0 Å². The summed E-state index contributed by atoms with van der Waals surface area (Å²) in [6.07, 6.45) is 3.29. The summed E-state index contributed by atoms with van der Waals surface area (Å²) in [4.78, 5) is 27.9. The third-order valence-corrected chi connectivity index (χ3v) is 2.97. The molecule has 0 aliphatic carbocycles. The Kier molecular flexibility index (Phi) is 5.43. The number of nitrogens with zero attached hydrogens (tertiary/aromatic N) is 1. The minimum Gasteiger partial charge on any atom is -0.349 e. The Morgan fingerprint density at radius 3 is 2.18 bits per heavy atom. The molecular formula is C17H17N3O2. The minimum absolute atomic E-state index is 0.194. The molecule has 2 amide bonds. The van der Waals surface area contributed by atoms with Gasteiger partial charge in [0.2, 0.25) is 0 Å². The van der Waals surface area contributed by atoms with E-state index >= 15 is 0 Å². The second kappa shape index (κ2) is 7.73. The number of amides is 2. The Balaban J connectivity index is 1.93. The number of rotatable bonds is 6. The highest BCUT2D eigenvalue weighted by molar-refractivity contribution is 5.97. The topological polar surface area (TPSA) is 71.1 Å². The molecule has 0 atom stereocenters. The van der Waals surface area contributed by atoms with Gasteiger partial charge in [-0.1, -0.05) is 12.1 Å². The number of hydrogen-bond donors (Lipinski definition) is 2. The van der Waals surface area contributed by atoms with Gasteiger partial charge in [-0.3, -0.25) is 14.6 Å². The van der Waals surface area contributed by atoms with Crippen molar-refractivity contribution in [1.29, 1.82) is 0 Å². The van der Waals surface area contributed by atoms with Crippen molar-refractivity contribution < 1.29 is 9.59 Å². The van der Waals surface area contributed by atoms with Crippen molar-refractivity contribution in [2.24, 2.45) is 0 Å². The lowest BCUT2D eigenvalue weighted by molar-refractivity contribution is 0.0942. The standard InChI is InChI=1S/C17H17N3O2/c1-2-10-19-16(21)13-6-8-14(9-7-13)17(22)20-12-15-5-3-4-11-18-15/h2-9,11H,1,10,12H2,(H,19,21)(H,20,22). The van der Waals surface area contributed by atoms with E-state index in [9.17, 15) is 9.59 Å². The number of pyridine rings is 1. The largest absolute Gasteiger partial charge is 0.349 e. The Bertz CT molecular complexity index is 651. The van der Waals surface area contributed by atoms with E-state index in [1.807, 2.05) is 18.2 Å². The summed E-state index contributed by atoms with van der Waals surface area (Å²) in [6.45, 7) is 4.31. The predicted octanol–water partition coefficient (Wildman–Crippen LogP) is 1.93. The highest BCUT2D eigenvalue weighted by Crippen LogP contribution is 2.05. The zero-order valence-corrected chi connectivity index (χ0v) is 12.1. The van der Waals surface area contributed by atoms with E-state index in [1.54, 1.807) is 36.5 Å². The van der Waals surface area contributed by atoms with Crippen LogP contribution in [0.3, 0.4) is 0 Å². The lowest BCUT2D eigenvalue weighted by Crippen LogP contribution is -2.24. The molecule has 2 N–H and O–H groups in total. The third-order valence-electron chi connectivity index (χ3n) is 2.97. The Morgan fingerprint density at radius 2 is 1.64 bits per heavy atom. The molecule has 22 heavy (non-hydrogen) atoms. The van der Waals surface area contributed by atoms with Crippen LogP contribution in [0.15, 0.2) is 61.3 Å². The van der Waals surface area contributed by atoms with E-state index in [0.717, 1.165) is 5.69 Å². The summed E-state index contributed by atoms with van der Waals surface area (Å²) in [5.74, 6) is -0.399. The molecule has 112 valence electrons. The molecule has 1 aromatic heterocycles. The molecule has 1 aromatic carbocycles. The summed E-state index contributed by atoms with van der Waals surface area (Å²) < 4.78 is 0. The number of nitrogens with one attached hydrogen (secondary N) is 2. The van der Waals surface area contributed by atoms with Gasteiger partial charge in [-0.05, 0) is 36.4 Å². The highest BCUT2D eigenvalue weighted by Gasteiger charge is 2.08. The number of carbonyl (C=O) groups is 2. The Morgan fingerprint density at radius 1 is 1.00 bits per heavy atom. The van der Waals surface area contributed by atoms with Crippen molar-refractivity contribution in [2.45, 2.75) is 6.54 Å². The number of hydrogen-bond acceptors (Lipinski definition) is 3. The monoisotopic (exact) mass is 295 g/mol. The van der Waals surface area contributed by atoms with Gasteiger partial charge in [-0.15, -0.1) is 6.58 Å². The van der Waals surface area contributed by atoms with Gasteiger partial charge < -0.3 is 10.6 Å². The summed E-state index contributed by atoms with van der Waals surface area (Å²) in [6, 6.07) is 12.0. The van der Waals surface area contributed by atoms with Crippen LogP contribution >= 0.6 is 0 Å². The van der Waals surface area contributed by atoms with Crippen molar-refractivity contribution in [3.05, 3.63) is 78.1 Å². The first-order chi connectivity index (χ1) is 10.7. The summed E-state index contributed by atoms with van der Waals surface area (Å²) in [5, 5.41) is 5.46. The van der Waals surface area contributed by atoms with Crippen LogP contribution in [0, 0.1) is 0 Å². The van der Waals surface area contributed by atoms with Crippen molar-refractivity contribution in [2.75, 3.05) is 6.54 Å². The zero-order valence-electron chi connectivity index (χ0n) is 12.1. The smallest absolute Gasteiger partial charge is 0.251 e. The summed E-state index contributed by atoms with van der Waals surface area (Å²) >= 11 is 0. The van der Waals surface area contributed by atoms with E-state index in [4.69, 9.17) is 0 Å². The lowest BCUT2D eigenvalue weighted by atomic mass is 10.1. The van der Waals surface area contributed by atoms with E-state index in [1.165, 1.54) is 0 Å². The maximum absolute atomic E-state index is 12.0. The van der Waals surface area contributed by atoms with Crippen molar-refractivity contribution in [1.82, 2.24) is 15.6 Å². The van der Waals surface area contributed by atoms with Crippen molar-refractivity contribution in [3.8, 4) is 0 Å². The molecule has 0 aliphatic heterocycles. The molecule has 0 spiro atoms. The molecule has 0 radical (unpaired) electrons.